The van der Waals surface area contributed by atoms with Gasteiger partial charge < -0.3 is 19.7 Å². The summed E-state index contributed by atoms with van der Waals surface area (Å²) in [4.78, 5) is 27.1. The maximum absolute atomic E-state index is 12.7. The Morgan fingerprint density at radius 2 is 1.65 bits per heavy atom. The fourth-order valence-electron chi connectivity index (χ4n) is 3.84. The Bertz CT molecular complexity index is 900. The van der Waals surface area contributed by atoms with Gasteiger partial charge in [-0.05, 0) is 54.2 Å². The standard InChI is InChI=1S/C25H32N2O4/c1-17(2)19-6-8-20(9-7-19)25(29)26-21-11-13-27(14-12-21)24(28)16-18-5-10-22(30-3)23(15-18)31-4/h5-10,15,17,21H,11-14,16H2,1-4H3,(H,26,29). The maximum atomic E-state index is 12.7. The van der Waals surface area contributed by atoms with Gasteiger partial charge in [0.25, 0.3) is 5.91 Å². The Hall–Kier alpha value is -3.02. The van der Waals surface area contributed by atoms with Crippen LogP contribution in [-0.4, -0.2) is 50.1 Å². The fourth-order valence-corrected chi connectivity index (χ4v) is 3.84. The number of nitrogens with zero attached hydrogens (tertiary/aromatic N) is 1. The maximum Gasteiger partial charge on any atom is 0.251 e. The molecule has 0 bridgehead atoms. The first kappa shape index (κ1) is 22.7. The molecule has 0 saturated carbocycles. The number of carbonyl (C=O) groups excluding carboxylic acids is 2. The van der Waals surface area contributed by atoms with Crippen LogP contribution in [0.2, 0.25) is 0 Å². The summed E-state index contributed by atoms with van der Waals surface area (Å²) in [7, 11) is 3.17. The number of benzene rings is 2. The predicted octanol–water partition coefficient (Wildman–Crippen LogP) is 3.79. The summed E-state index contributed by atoms with van der Waals surface area (Å²) in [6.07, 6.45) is 1.83. The lowest BCUT2D eigenvalue weighted by Gasteiger charge is -2.32. The average molecular weight is 425 g/mol. The van der Waals surface area contributed by atoms with Gasteiger partial charge in [-0.15, -0.1) is 0 Å². The van der Waals surface area contributed by atoms with Gasteiger partial charge in [0.05, 0.1) is 20.6 Å². The van der Waals surface area contributed by atoms with Crippen molar-refractivity contribution in [1.82, 2.24) is 10.2 Å². The highest BCUT2D eigenvalue weighted by Gasteiger charge is 2.24. The molecule has 0 atom stereocenters. The molecule has 31 heavy (non-hydrogen) atoms. The van der Waals surface area contributed by atoms with E-state index in [9.17, 15) is 9.59 Å². The van der Waals surface area contributed by atoms with E-state index >= 15 is 0 Å². The zero-order valence-corrected chi connectivity index (χ0v) is 18.8. The van der Waals surface area contributed by atoms with E-state index in [0.29, 0.717) is 42.5 Å². The van der Waals surface area contributed by atoms with Crippen LogP contribution in [0, 0.1) is 0 Å². The van der Waals surface area contributed by atoms with Crippen LogP contribution in [0.3, 0.4) is 0 Å². The molecule has 6 nitrogen and oxygen atoms in total. The number of hydrogen-bond acceptors (Lipinski definition) is 4. The Kier molecular flexibility index (Phi) is 7.55. The molecule has 2 amide bonds. The summed E-state index contributed by atoms with van der Waals surface area (Å²) < 4.78 is 10.6. The second kappa shape index (κ2) is 10.3. The van der Waals surface area contributed by atoms with Crippen LogP contribution < -0.4 is 14.8 Å². The molecular weight excluding hydrogens is 392 g/mol. The van der Waals surface area contributed by atoms with Crippen molar-refractivity contribution in [1.29, 1.82) is 0 Å². The molecule has 0 aromatic heterocycles. The van der Waals surface area contributed by atoms with E-state index in [0.717, 1.165) is 18.4 Å². The molecular formula is C25H32N2O4. The zero-order chi connectivity index (χ0) is 22.4. The quantitative estimate of drug-likeness (QED) is 0.734. The zero-order valence-electron chi connectivity index (χ0n) is 18.8. The van der Waals surface area contributed by atoms with E-state index in [4.69, 9.17) is 9.47 Å². The molecule has 1 aliphatic heterocycles. The van der Waals surface area contributed by atoms with Gasteiger partial charge in [-0.25, -0.2) is 0 Å². The van der Waals surface area contributed by atoms with Crippen molar-refractivity contribution >= 4 is 11.8 Å². The molecule has 166 valence electrons. The minimum absolute atomic E-state index is 0.0505. The number of methoxy groups -OCH3 is 2. The normalized spacial score (nSPS) is 14.4. The summed E-state index contributed by atoms with van der Waals surface area (Å²) in [5.41, 5.74) is 2.79. The Morgan fingerprint density at radius 1 is 1.00 bits per heavy atom. The van der Waals surface area contributed by atoms with Gasteiger partial charge in [0, 0.05) is 24.7 Å². The van der Waals surface area contributed by atoms with Gasteiger partial charge in [-0.1, -0.05) is 32.0 Å². The SMILES string of the molecule is COc1ccc(CC(=O)N2CCC(NC(=O)c3ccc(C(C)C)cc3)CC2)cc1OC. The smallest absolute Gasteiger partial charge is 0.251 e. The molecule has 0 unspecified atom stereocenters. The van der Waals surface area contributed by atoms with Crippen LogP contribution in [0.25, 0.3) is 0 Å². The first-order chi connectivity index (χ1) is 14.9. The molecule has 6 heteroatoms. The van der Waals surface area contributed by atoms with Crippen molar-refractivity contribution in [2.75, 3.05) is 27.3 Å². The topological polar surface area (TPSA) is 67.9 Å². The highest BCUT2D eigenvalue weighted by molar-refractivity contribution is 5.94. The van der Waals surface area contributed by atoms with Crippen molar-refractivity contribution in [3.63, 3.8) is 0 Å². The summed E-state index contributed by atoms with van der Waals surface area (Å²) in [6, 6.07) is 13.4. The highest BCUT2D eigenvalue weighted by atomic mass is 16.5. The van der Waals surface area contributed by atoms with Crippen molar-refractivity contribution in [3.05, 3.63) is 59.2 Å². The van der Waals surface area contributed by atoms with E-state index in [2.05, 4.69) is 19.2 Å². The van der Waals surface area contributed by atoms with Gasteiger partial charge in [0.2, 0.25) is 5.91 Å². The van der Waals surface area contributed by atoms with Crippen LogP contribution in [0.15, 0.2) is 42.5 Å². The molecule has 1 heterocycles. The van der Waals surface area contributed by atoms with Gasteiger partial charge in [-0.3, -0.25) is 9.59 Å². The number of amides is 2. The molecule has 0 radical (unpaired) electrons. The molecule has 1 aliphatic rings. The highest BCUT2D eigenvalue weighted by Crippen LogP contribution is 2.28. The number of nitrogens with one attached hydrogen (secondary N) is 1. The van der Waals surface area contributed by atoms with Crippen LogP contribution in [-0.2, 0) is 11.2 Å². The monoisotopic (exact) mass is 424 g/mol. The molecule has 1 fully saturated rings. The van der Waals surface area contributed by atoms with E-state index < -0.39 is 0 Å². The minimum atomic E-state index is -0.0505. The van der Waals surface area contributed by atoms with Crippen molar-refractivity contribution in [2.24, 2.45) is 0 Å². The molecule has 3 rings (SSSR count). The van der Waals surface area contributed by atoms with Crippen LogP contribution in [0.4, 0.5) is 0 Å². The van der Waals surface area contributed by atoms with Crippen LogP contribution in [0.1, 0.15) is 54.1 Å². The van der Waals surface area contributed by atoms with Gasteiger partial charge in [0.1, 0.15) is 0 Å². The van der Waals surface area contributed by atoms with E-state index in [-0.39, 0.29) is 17.9 Å². The molecule has 0 aliphatic carbocycles. The molecule has 2 aromatic rings. The average Bonchev–Trinajstić information content (AvgIpc) is 2.79. The third-order valence-corrected chi connectivity index (χ3v) is 5.83. The lowest BCUT2D eigenvalue weighted by molar-refractivity contribution is -0.131. The molecule has 1 N–H and O–H groups in total. The van der Waals surface area contributed by atoms with Crippen LogP contribution in [0.5, 0.6) is 11.5 Å². The lowest BCUT2D eigenvalue weighted by Crippen LogP contribution is -2.47. The van der Waals surface area contributed by atoms with E-state index in [1.807, 2.05) is 47.4 Å². The van der Waals surface area contributed by atoms with E-state index in [1.165, 1.54) is 5.56 Å². The minimum Gasteiger partial charge on any atom is -0.493 e. The van der Waals surface area contributed by atoms with Gasteiger partial charge in [0.15, 0.2) is 11.5 Å². The van der Waals surface area contributed by atoms with Crippen LogP contribution >= 0.6 is 0 Å². The van der Waals surface area contributed by atoms with Crippen molar-refractivity contribution in [3.8, 4) is 11.5 Å². The Labute approximate surface area is 184 Å². The number of rotatable bonds is 7. The third-order valence-electron chi connectivity index (χ3n) is 5.83. The summed E-state index contributed by atoms with van der Waals surface area (Å²) in [5, 5.41) is 3.11. The number of carbonyl (C=O) groups is 2. The Balaban J connectivity index is 1.49. The first-order valence-corrected chi connectivity index (χ1v) is 10.8. The van der Waals surface area contributed by atoms with Crippen molar-refractivity contribution in [2.45, 2.75) is 45.1 Å². The molecule has 0 spiro atoms. The largest absolute Gasteiger partial charge is 0.493 e. The first-order valence-electron chi connectivity index (χ1n) is 10.8. The Morgan fingerprint density at radius 3 is 2.23 bits per heavy atom. The second-order valence-corrected chi connectivity index (χ2v) is 8.27. The lowest BCUT2D eigenvalue weighted by atomic mass is 10.0. The number of ether oxygens (including phenoxy) is 2. The second-order valence-electron chi connectivity index (χ2n) is 8.27. The predicted molar refractivity (Wildman–Crippen MR) is 121 cm³/mol. The van der Waals surface area contributed by atoms with Gasteiger partial charge >= 0.3 is 0 Å². The number of piperidine rings is 1. The summed E-state index contributed by atoms with van der Waals surface area (Å²) in [5.74, 6) is 1.74. The van der Waals surface area contributed by atoms with Gasteiger partial charge in [-0.2, -0.15) is 0 Å². The molecule has 2 aromatic carbocycles. The number of hydrogen-bond donors (Lipinski definition) is 1. The summed E-state index contributed by atoms with van der Waals surface area (Å²) >= 11 is 0. The summed E-state index contributed by atoms with van der Waals surface area (Å²) in [6.45, 7) is 5.55. The van der Waals surface area contributed by atoms with E-state index in [1.54, 1.807) is 14.2 Å². The molecule has 1 saturated heterocycles. The number of likely N-dealkylation sites (tertiary alicyclic amines) is 1. The van der Waals surface area contributed by atoms with Crippen molar-refractivity contribution < 1.29 is 19.1 Å². The fraction of sp³-hybridized carbons (Fsp3) is 0.440. The third kappa shape index (κ3) is 5.78.